The van der Waals surface area contributed by atoms with E-state index in [0.29, 0.717) is 56.7 Å². The quantitative estimate of drug-likeness (QED) is 0.0620. The molecular formula is C32H50BN5O7S. The molecule has 0 spiro atoms. The zero-order valence-electron chi connectivity index (χ0n) is 27.8. The highest BCUT2D eigenvalue weighted by Crippen LogP contribution is 2.20. The number of hydrogen-bond acceptors (Lipinski definition) is 8. The molecule has 0 aliphatic rings. The number of hydrogen-bond donors (Lipinski definition) is 5. The summed E-state index contributed by atoms with van der Waals surface area (Å²) in [6.45, 7) is 12.2. The number of ether oxygens (including phenoxy) is 1. The van der Waals surface area contributed by atoms with Crippen molar-refractivity contribution in [3.63, 3.8) is 0 Å². The molecule has 0 saturated heterocycles. The van der Waals surface area contributed by atoms with E-state index in [1.54, 1.807) is 26.0 Å². The maximum absolute atomic E-state index is 12.4. The van der Waals surface area contributed by atoms with Crippen LogP contribution in [-0.4, -0.2) is 92.3 Å². The van der Waals surface area contributed by atoms with E-state index in [0.717, 1.165) is 10.5 Å². The molecule has 12 nitrogen and oxygen atoms in total. The van der Waals surface area contributed by atoms with Crippen molar-refractivity contribution in [2.24, 2.45) is 5.92 Å². The third kappa shape index (κ3) is 19.0. The van der Waals surface area contributed by atoms with Gasteiger partial charge in [0.15, 0.2) is 0 Å². The molecule has 0 bridgehead atoms. The first-order valence-corrected chi connectivity index (χ1v) is 15.7. The Morgan fingerprint density at radius 1 is 1.07 bits per heavy atom. The number of carbonyl (C=O) groups is 6. The van der Waals surface area contributed by atoms with Crippen LogP contribution in [0.5, 0.6) is 0 Å². The van der Waals surface area contributed by atoms with Gasteiger partial charge in [0.25, 0.3) is 5.91 Å². The number of anilines is 1. The predicted octanol–water partition coefficient (Wildman–Crippen LogP) is 2.13. The number of benzene rings is 1. The van der Waals surface area contributed by atoms with E-state index in [4.69, 9.17) is 12.6 Å². The number of allylic oxidation sites excluding steroid dienone is 1. The van der Waals surface area contributed by atoms with Gasteiger partial charge in [-0.1, -0.05) is 43.9 Å². The summed E-state index contributed by atoms with van der Waals surface area (Å²) >= 11 is 4.49. The topological polar surface area (TPSA) is 163 Å². The molecule has 2 radical (unpaired) electrons. The molecule has 0 aromatic heterocycles. The molecule has 0 aliphatic heterocycles. The van der Waals surface area contributed by atoms with Crippen LogP contribution >= 0.6 is 12.6 Å². The van der Waals surface area contributed by atoms with Crippen molar-refractivity contribution in [1.82, 2.24) is 20.9 Å². The minimum atomic E-state index is -0.827. The van der Waals surface area contributed by atoms with Gasteiger partial charge in [-0.25, -0.2) is 0 Å². The SMILES string of the molecule is C/C=C\C(=O)N(C=O)CCC(=O)NCCC(C)OCCC(C)(S)C(=O)NC(C)C(C)C.[B]Cc1ccc(NC(=O)CNC=O)cc1. The number of nitrogens with one attached hydrogen (secondary N) is 4. The molecule has 6 amide bonds. The van der Waals surface area contributed by atoms with Crippen molar-refractivity contribution in [1.29, 1.82) is 0 Å². The van der Waals surface area contributed by atoms with Gasteiger partial charge in [-0.15, -0.1) is 0 Å². The zero-order chi connectivity index (χ0) is 35.1. The second kappa shape index (κ2) is 23.7. The van der Waals surface area contributed by atoms with Gasteiger partial charge in [0.2, 0.25) is 30.5 Å². The molecule has 14 heteroatoms. The average molecular weight is 660 g/mol. The third-order valence-electron chi connectivity index (χ3n) is 6.83. The molecule has 1 aromatic carbocycles. The third-order valence-corrected chi connectivity index (χ3v) is 7.26. The van der Waals surface area contributed by atoms with Crippen LogP contribution in [0.1, 0.15) is 66.4 Å². The molecule has 254 valence electrons. The van der Waals surface area contributed by atoms with Gasteiger partial charge in [0, 0.05) is 37.8 Å². The number of amides is 6. The molecule has 1 aromatic rings. The molecule has 1 rings (SSSR count). The van der Waals surface area contributed by atoms with Gasteiger partial charge >= 0.3 is 0 Å². The van der Waals surface area contributed by atoms with Crippen molar-refractivity contribution in [3.8, 4) is 0 Å². The Bertz CT molecular complexity index is 1130. The second-order valence-electron chi connectivity index (χ2n) is 11.2. The fourth-order valence-electron chi connectivity index (χ4n) is 3.43. The first-order valence-electron chi connectivity index (χ1n) is 15.3. The summed E-state index contributed by atoms with van der Waals surface area (Å²) in [4.78, 5) is 68.9. The molecule has 0 aliphatic carbocycles. The molecular weight excluding hydrogens is 609 g/mol. The second-order valence-corrected chi connectivity index (χ2v) is 12.2. The highest BCUT2D eigenvalue weighted by Gasteiger charge is 2.30. The number of rotatable bonds is 20. The molecule has 3 atom stereocenters. The summed E-state index contributed by atoms with van der Waals surface area (Å²) in [7, 11) is 5.43. The minimum Gasteiger partial charge on any atom is -0.378 e. The summed E-state index contributed by atoms with van der Waals surface area (Å²) in [6.07, 6.45) is 5.18. The summed E-state index contributed by atoms with van der Waals surface area (Å²) < 4.78 is 4.92. The van der Waals surface area contributed by atoms with E-state index in [2.05, 4.69) is 33.9 Å². The van der Waals surface area contributed by atoms with Crippen LogP contribution in [0.15, 0.2) is 36.4 Å². The molecule has 3 unspecified atom stereocenters. The van der Waals surface area contributed by atoms with E-state index >= 15 is 0 Å². The van der Waals surface area contributed by atoms with E-state index in [-0.39, 0.29) is 49.4 Å². The maximum Gasteiger partial charge on any atom is 0.252 e. The van der Waals surface area contributed by atoms with Crippen LogP contribution in [0.3, 0.4) is 0 Å². The standard InChI is InChI=1S/C22H39N3O5S.C10H11BN2O2/c1-7-8-20(28)25(15-26)13-10-19(27)23-12-9-17(4)30-14-11-22(6,31)21(29)24-18(5)16(2)3;11-5-8-1-3-9(4-2-8)13-10(15)6-12-7-14/h7-8,15-18,31H,9-14H2,1-6H3,(H,23,27)(H,24,29);1-4,7H,5-6H2,(H,12,14)(H,13,15)/b8-7-;. The van der Waals surface area contributed by atoms with Crippen LogP contribution < -0.4 is 21.3 Å². The molecule has 46 heavy (non-hydrogen) atoms. The highest BCUT2D eigenvalue weighted by molar-refractivity contribution is 7.82. The van der Waals surface area contributed by atoms with E-state index in [1.165, 1.54) is 12.2 Å². The summed E-state index contributed by atoms with van der Waals surface area (Å²) in [5.74, 6) is -0.725. The predicted molar refractivity (Wildman–Crippen MR) is 183 cm³/mol. The molecule has 0 saturated carbocycles. The lowest BCUT2D eigenvalue weighted by Gasteiger charge is -2.27. The highest BCUT2D eigenvalue weighted by atomic mass is 32.1. The smallest absolute Gasteiger partial charge is 0.252 e. The Balaban J connectivity index is 0.00000112. The lowest BCUT2D eigenvalue weighted by atomic mass is 9.97. The number of imide groups is 1. The van der Waals surface area contributed by atoms with Crippen molar-refractivity contribution in [2.75, 3.05) is 31.6 Å². The van der Waals surface area contributed by atoms with E-state index < -0.39 is 10.7 Å². The van der Waals surface area contributed by atoms with Crippen molar-refractivity contribution in [2.45, 2.75) is 84.0 Å². The van der Waals surface area contributed by atoms with Gasteiger partial charge in [0.05, 0.1) is 25.2 Å². The monoisotopic (exact) mass is 659 g/mol. The van der Waals surface area contributed by atoms with Gasteiger partial charge in [-0.05, 0) is 64.7 Å². The molecule has 4 N–H and O–H groups in total. The fraction of sp³-hybridized carbons (Fsp3) is 0.562. The Morgan fingerprint density at radius 2 is 1.72 bits per heavy atom. The van der Waals surface area contributed by atoms with Gasteiger partial charge < -0.3 is 26.0 Å². The normalized spacial score (nSPS) is 13.3. The van der Waals surface area contributed by atoms with Gasteiger partial charge in [0.1, 0.15) is 0 Å². The summed E-state index contributed by atoms with van der Waals surface area (Å²) in [5, 5.41) is 10.6. The first kappa shape index (κ1) is 42.4. The van der Waals surface area contributed by atoms with Crippen LogP contribution in [-0.2, 0) is 39.8 Å². The van der Waals surface area contributed by atoms with Crippen LogP contribution in [0.4, 0.5) is 5.69 Å². The molecule has 0 heterocycles. The van der Waals surface area contributed by atoms with Crippen molar-refractivity contribution in [3.05, 3.63) is 42.0 Å². The van der Waals surface area contributed by atoms with Crippen LogP contribution in [0.25, 0.3) is 0 Å². The Hall–Kier alpha value is -3.65. The zero-order valence-corrected chi connectivity index (χ0v) is 28.7. The van der Waals surface area contributed by atoms with Gasteiger partial charge in [-0.3, -0.25) is 33.7 Å². The largest absolute Gasteiger partial charge is 0.378 e. The number of nitrogens with zero attached hydrogens (tertiary/aromatic N) is 1. The molecule has 0 fully saturated rings. The summed E-state index contributed by atoms with van der Waals surface area (Å²) in [6, 6.07) is 7.27. The average Bonchev–Trinajstić information content (AvgIpc) is 3.01. The number of carbonyl (C=O) groups excluding carboxylic acids is 6. The lowest BCUT2D eigenvalue weighted by molar-refractivity contribution is -0.135. The maximum atomic E-state index is 12.4. The Labute approximate surface area is 280 Å². The van der Waals surface area contributed by atoms with E-state index in [9.17, 15) is 28.8 Å². The van der Waals surface area contributed by atoms with Crippen molar-refractivity contribution >= 4 is 62.6 Å². The number of thiol groups is 1. The Kier molecular flexibility index (Phi) is 21.8. The Morgan fingerprint density at radius 3 is 2.26 bits per heavy atom. The fourth-order valence-corrected chi connectivity index (χ4v) is 3.58. The minimum absolute atomic E-state index is 0.0257. The van der Waals surface area contributed by atoms with Gasteiger partial charge in [-0.2, -0.15) is 12.6 Å². The van der Waals surface area contributed by atoms with E-state index in [1.807, 2.05) is 39.8 Å². The van der Waals surface area contributed by atoms with Crippen molar-refractivity contribution < 1.29 is 33.5 Å². The van der Waals surface area contributed by atoms with Crippen LogP contribution in [0, 0.1) is 5.92 Å². The lowest BCUT2D eigenvalue weighted by Crippen LogP contribution is -2.46. The summed E-state index contributed by atoms with van der Waals surface area (Å²) in [5.41, 5.74) is 1.68. The van der Waals surface area contributed by atoms with Crippen LogP contribution in [0.2, 0.25) is 0 Å². The first-order chi connectivity index (χ1) is 21.7.